The minimum absolute atomic E-state index is 0.705. The third-order valence-electron chi connectivity index (χ3n) is 4.14. The topological polar surface area (TPSA) is 28.2 Å². The Morgan fingerprint density at radius 3 is 2.89 bits per heavy atom. The molecular formula is C16H27N3. The van der Waals surface area contributed by atoms with E-state index in [1.807, 2.05) is 0 Å². The Hall–Kier alpha value is -0.930. The van der Waals surface area contributed by atoms with Crippen LogP contribution in [0.15, 0.2) is 18.2 Å². The van der Waals surface area contributed by atoms with E-state index in [1.165, 1.54) is 31.6 Å². The quantitative estimate of drug-likeness (QED) is 0.883. The van der Waals surface area contributed by atoms with Crippen molar-refractivity contribution in [2.24, 2.45) is 5.92 Å². The van der Waals surface area contributed by atoms with E-state index in [9.17, 15) is 0 Å². The molecule has 1 fully saturated rings. The van der Waals surface area contributed by atoms with Gasteiger partial charge in [0.1, 0.15) is 0 Å². The molecule has 2 unspecified atom stereocenters. The molecule has 0 spiro atoms. The van der Waals surface area contributed by atoms with Crippen molar-refractivity contribution >= 4 is 0 Å². The molecule has 19 heavy (non-hydrogen) atoms. The molecule has 2 atom stereocenters. The maximum absolute atomic E-state index is 4.62. The van der Waals surface area contributed by atoms with Crippen molar-refractivity contribution in [3.63, 3.8) is 0 Å². The summed E-state index contributed by atoms with van der Waals surface area (Å²) in [4.78, 5) is 7.18. The average molecular weight is 261 g/mol. The molecule has 0 saturated carbocycles. The van der Waals surface area contributed by atoms with Crippen molar-refractivity contribution in [1.29, 1.82) is 0 Å². The second kappa shape index (κ2) is 7.01. The van der Waals surface area contributed by atoms with Gasteiger partial charge in [-0.15, -0.1) is 0 Å². The van der Waals surface area contributed by atoms with Gasteiger partial charge in [0.15, 0.2) is 0 Å². The summed E-state index contributed by atoms with van der Waals surface area (Å²) in [6, 6.07) is 7.03. The van der Waals surface area contributed by atoms with Crippen LogP contribution in [0.3, 0.4) is 0 Å². The van der Waals surface area contributed by atoms with Gasteiger partial charge in [-0.05, 0) is 37.9 Å². The van der Waals surface area contributed by atoms with Crippen LogP contribution in [-0.2, 0) is 6.54 Å². The lowest BCUT2D eigenvalue weighted by Gasteiger charge is -2.38. The fraction of sp³-hybridized carbons (Fsp3) is 0.688. The zero-order valence-corrected chi connectivity index (χ0v) is 12.5. The highest BCUT2D eigenvalue weighted by Crippen LogP contribution is 2.21. The number of likely N-dealkylation sites (tertiary alicyclic amines) is 1. The first-order chi connectivity index (χ1) is 9.22. The molecule has 1 saturated heterocycles. The van der Waals surface area contributed by atoms with E-state index in [0.29, 0.717) is 6.04 Å². The molecule has 2 heterocycles. The van der Waals surface area contributed by atoms with Gasteiger partial charge in [-0.3, -0.25) is 9.88 Å². The Morgan fingerprint density at radius 1 is 1.37 bits per heavy atom. The molecule has 0 aromatic carbocycles. The first kappa shape index (κ1) is 14.5. The second-order valence-corrected chi connectivity index (χ2v) is 5.63. The minimum atomic E-state index is 0.705. The molecule has 1 N–H and O–H groups in total. The zero-order valence-electron chi connectivity index (χ0n) is 12.5. The molecular weight excluding hydrogens is 234 g/mol. The van der Waals surface area contributed by atoms with Crippen molar-refractivity contribution in [2.45, 2.75) is 46.2 Å². The second-order valence-electron chi connectivity index (χ2n) is 5.63. The van der Waals surface area contributed by atoms with Crippen molar-refractivity contribution in [1.82, 2.24) is 15.2 Å². The molecule has 1 aromatic rings. The highest BCUT2D eigenvalue weighted by atomic mass is 15.2. The van der Waals surface area contributed by atoms with Crippen LogP contribution in [0, 0.1) is 12.8 Å². The summed E-state index contributed by atoms with van der Waals surface area (Å²) in [6.45, 7) is 11.0. The Balaban J connectivity index is 1.92. The predicted octanol–water partition coefficient (Wildman–Crippen LogP) is 2.60. The third kappa shape index (κ3) is 4.02. The molecule has 0 radical (unpaired) electrons. The van der Waals surface area contributed by atoms with Gasteiger partial charge in [-0.1, -0.05) is 26.3 Å². The number of rotatable bonds is 5. The Kier molecular flexibility index (Phi) is 5.34. The summed E-state index contributed by atoms with van der Waals surface area (Å²) in [5.74, 6) is 0.776. The molecule has 1 aromatic heterocycles. The van der Waals surface area contributed by atoms with Gasteiger partial charge in [-0.2, -0.15) is 0 Å². The predicted molar refractivity (Wildman–Crippen MR) is 80.1 cm³/mol. The van der Waals surface area contributed by atoms with Crippen LogP contribution in [0.2, 0.25) is 0 Å². The van der Waals surface area contributed by atoms with E-state index in [2.05, 4.69) is 54.2 Å². The molecule has 0 amide bonds. The van der Waals surface area contributed by atoms with Crippen LogP contribution in [0.25, 0.3) is 0 Å². The molecule has 1 aliphatic rings. The fourth-order valence-electron chi connectivity index (χ4n) is 3.11. The summed E-state index contributed by atoms with van der Waals surface area (Å²) in [5.41, 5.74) is 2.32. The van der Waals surface area contributed by atoms with Crippen LogP contribution < -0.4 is 5.32 Å². The standard InChI is InChI=1S/C16H27N3/c1-4-14-11-19(10-9-16(14)17-5-2)12-15-8-6-7-13(3)18-15/h6-8,14,16-17H,4-5,9-12H2,1-3H3. The maximum Gasteiger partial charge on any atom is 0.0547 e. The molecule has 0 bridgehead atoms. The zero-order chi connectivity index (χ0) is 13.7. The van der Waals surface area contributed by atoms with E-state index < -0.39 is 0 Å². The number of nitrogens with one attached hydrogen (secondary N) is 1. The number of piperidine rings is 1. The first-order valence-electron chi connectivity index (χ1n) is 7.61. The van der Waals surface area contributed by atoms with E-state index >= 15 is 0 Å². The minimum Gasteiger partial charge on any atom is -0.314 e. The van der Waals surface area contributed by atoms with Crippen molar-refractivity contribution < 1.29 is 0 Å². The van der Waals surface area contributed by atoms with Gasteiger partial charge in [0.25, 0.3) is 0 Å². The van der Waals surface area contributed by atoms with Crippen LogP contribution in [0.4, 0.5) is 0 Å². The summed E-state index contributed by atoms with van der Waals surface area (Å²) in [6.07, 6.45) is 2.52. The van der Waals surface area contributed by atoms with Crippen molar-refractivity contribution in [3.05, 3.63) is 29.6 Å². The Morgan fingerprint density at radius 2 is 2.21 bits per heavy atom. The van der Waals surface area contributed by atoms with Crippen LogP contribution in [-0.4, -0.2) is 35.6 Å². The average Bonchev–Trinajstić information content (AvgIpc) is 2.41. The maximum atomic E-state index is 4.62. The lowest BCUT2D eigenvalue weighted by Crippen LogP contribution is -2.48. The third-order valence-corrected chi connectivity index (χ3v) is 4.14. The number of hydrogen-bond acceptors (Lipinski definition) is 3. The van der Waals surface area contributed by atoms with Gasteiger partial charge in [0, 0.05) is 31.4 Å². The van der Waals surface area contributed by atoms with Crippen molar-refractivity contribution in [3.8, 4) is 0 Å². The number of nitrogens with zero attached hydrogens (tertiary/aromatic N) is 2. The summed E-state index contributed by atoms with van der Waals surface area (Å²) >= 11 is 0. The number of aryl methyl sites for hydroxylation is 1. The lowest BCUT2D eigenvalue weighted by atomic mass is 9.90. The number of hydrogen-bond donors (Lipinski definition) is 1. The Bertz CT molecular complexity index is 391. The van der Waals surface area contributed by atoms with Gasteiger partial charge >= 0.3 is 0 Å². The monoisotopic (exact) mass is 261 g/mol. The molecule has 106 valence electrons. The molecule has 0 aliphatic carbocycles. The van der Waals surface area contributed by atoms with E-state index in [1.54, 1.807) is 0 Å². The SMILES string of the molecule is CCNC1CCN(Cc2cccc(C)n2)CC1CC. The summed E-state index contributed by atoms with van der Waals surface area (Å²) < 4.78 is 0. The first-order valence-corrected chi connectivity index (χ1v) is 7.61. The largest absolute Gasteiger partial charge is 0.314 e. The molecule has 2 rings (SSSR count). The van der Waals surface area contributed by atoms with E-state index in [4.69, 9.17) is 0 Å². The van der Waals surface area contributed by atoms with E-state index in [-0.39, 0.29) is 0 Å². The van der Waals surface area contributed by atoms with Crippen LogP contribution in [0.1, 0.15) is 38.1 Å². The van der Waals surface area contributed by atoms with Gasteiger partial charge in [-0.25, -0.2) is 0 Å². The highest BCUT2D eigenvalue weighted by Gasteiger charge is 2.27. The van der Waals surface area contributed by atoms with E-state index in [0.717, 1.165) is 24.7 Å². The number of aromatic nitrogens is 1. The van der Waals surface area contributed by atoms with Gasteiger partial charge in [0.2, 0.25) is 0 Å². The molecule has 3 nitrogen and oxygen atoms in total. The fourth-order valence-corrected chi connectivity index (χ4v) is 3.11. The highest BCUT2D eigenvalue weighted by molar-refractivity contribution is 5.10. The summed E-state index contributed by atoms with van der Waals surface area (Å²) in [5, 5.41) is 3.64. The normalized spacial score (nSPS) is 24.6. The summed E-state index contributed by atoms with van der Waals surface area (Å²) in [7, 11) is 0. The number of pyridine rings is 1. The molecule has 3 heteroatoms. The smallest absolute Gasteiger partial charge is 0.0547 e. The Labute approximate surface area is 117 Å². The van der Waals surface area contributed by atoms with Crippen LogP contribution >= 0.6 is 0 Å². The van der Waals surface area contributed by atoms with Crippen molar-refractivity contribution in [2.75, 3.05) is 19.6 Å². The van der Waals surface area contributed by atoms with Gasteiger partial charge in [0.05, 0.1) is 5.69 Å². The van der Waals surface area contributed by atoms with Crippen LogP contribution in [0.5, 0.6) is 0 Å². The lowest BCUT2D eigenvalue weighted by molar-refractivity contribution is 0.128. The molecule has 1 aliphatic heterocycles. The van der Waals surface area contributed by atoms with Gasteiger partial charge < -0.3 is 5.32 Å².